The van der Waals surface area contributed by atoms with Crippen molar-refractivity contribution >= 4 is 33.0 Å². The van der Waals surface area contributed by atoms with Crippen LogP contribution in [0.4, 0.5) is 0 Å². The zero-order valence-corrected chi connectivity index (χ0v) is 20.5. The Hall–Kier alpha value is -2.27. The molecular weight excluding hydrogens is 484 g/mol. The van der Waals surface area contributed by atoms with Gasteiger partial charge in [0.2, 0.25) is 11.8 Å². The molecule has 0 saturated carbocycles. The van der Waals surface area contributed by atoms with Crippen molar-refractivity contribution in [2.75, 3.05) is 0 Å². The Morgan fingerprint density at radius 1 is 1.06 bits per heavy atom. The number of pyridine rings is 1. The number of ether oxygens (including phenoxy) is 2. The van der Waals surface area contributed by atoms with E-state index in [-0.39, 0.29) is 18.2 Å². The van der Waals surface area contributed by atoms with Gasteiger partial charge in [0.15, 0.2) is 5.75 Å². The molecule has 0 aromatic carbocycles. The SMILES string of the molecule is Cc1ncccc1Oc1ncnc(OC2CC3CCC(C2)N3S(=O)(=O)c2ccc(Cl)s2)c1C. The van der Waals surface area contributed by atoms with Gasteiger partial charge in [0, 0.05) is 31.1 Å². The van der Waals surface area contributed by atoms with E-state index in [9.17, 15) is 8.42 Å². The van der Waals surface area contributed by atoms with Crippen molar-refractivity contribution in [2.24, 2.45) is 0 Å². The number of hydrogen-bond acceptors (Lipinski definition) is 8. The molecule has 3 aromatic heterocycles. The molecule has 3 aromatic rings. The van der Waals surface area contributed by atoms with Crippen molar-refractivity contribution in [3.63, 3.8) is 0 Å². The average molecular weight is 507 g/mol. The Bertz CT molecular complexity index is 1270. The first-order valence-electron chi connectivity index (χ1n) is 10.7. The molecule has 0 N–H and O–H groups in total. The van der Waals surface area contributed by atoms with Crippen LogP contribution in [0.2, 0.25) is 4.34 Å². The molecule has 2 aliphatic heterocycles. The van der Waals surface area contributed by atoms with E-state index < -0.39 is 10.0 Å². The number of aromatic nitrogens is 3. The van der Waals surface area contributed by atoms with Gasteiger partial charge in [-0.25, -0.2) is 18.4 Å². The zero-order chi connectivity index (χ0) is 23.2. The predicted octanol–water partition coefficient (Wildman–Crippen LogP) is 4.76. The van der Waals surface area contributed by atoms with Gasteiger partial charge < -0.3 is 9.47 Å². The summed E-state index contributed by atoms with van der Waals surface area (Å²) in [4.78, 5) is 12.8. The van der Waals surface area contributed by atoms with E-state index >= 15 is 0 Å². The van der Waals surface area contributed by atoms with Gasteiger partial charge in [-0.05, 0) is 51.0 Å². The lowest BCUT2D eigenvalue weighted by Gasteiger charge is -2.37. The molecular formula is C22H23ClN4O4S2. The summed E-state index contributed by atoms with van der Waals surface area (Å²) < 4.78 is 41.1. The quantitative estimate of drug-likeness (QED) is 0.475. The Labute approximate surface area is 201 Å². The number of hydrogen-bond donors (Lipinski definition) is 0. The fourth-order valence-corrected chi connectivity index (χ4v) is 8.07. The van der Waals surface area contributed by atoms with Crippen LogP contribution < -0.4 is 9.47 Å². The molecule has 2 atom stereocenters. The Morgan fingerprint density at radius 3 is 2.45 bits per heavy atom. The number of thiophene rings is 1. The standard InChI is InChI=1S/C22H23ClN4O4S2/c1-13-21(25-12-26-22(13)31-18-4-3-9-24-14(18)2)30-17-10-15-5-6-16(11-17)27(15)33(28,29)20-8-7-19(23)32-20/h3-4,7-9,12,15-17H,5-6,10-11H2,1-2H3. The van der Waals surface area contributed by atoms with Gasteiger partial charge in [0.25, 0.3) is 10.0 Å². The maximum Gasteiger partial charge on any atom is 0.253 e. The second kappa shape index (κ2) is 8.83. The first kappa shape index (κ1) is 22.5. The van der Waals surface area contributed by atoms with Crippen molar-refractivity contribution in [1.29, 1.82) is 0 Å². The molecule has 8 nitrogen and oxygen atoms in total. The van der Waals surface area contributed by atoms with Crippen molar-refractivity contribution in [3.05, 3.63) is 52.4 Å². The molecule has 0 radical (unpaired) electrons. The van der Waals surface area contributed by atoms with Gasteiger partial charge in [0.1, 0.15) is 16.6 Å². The molecule has 0 amide bonds. The summed E-state index contributed by atoms with van der Waals surface area (Å²) in [5.41, 5.74) is 1.45. The first-order valence-corrected chi connectivity index (χ1v) is 13.3. The molecule has 2 aliphatic rings. The third-order valence-corrected chi connectivity index (χ3v) is 9.84. The van der Waals surface area contributed by atoms with E-state index in [0.717, 1.165) is 29.9 Å². The van der Waals surface area contributed by atoms with Crippen LogP contribution >= 0.6 is 22.9 Å². The Balaban J connectivity index is 1.32. The number of aryl methyl sites for hydroxylation is 1. The van der Waals surface area contributed by atoms with Crippen LogP contribution in [0.1, 0.15) is 36.9 Å². The number of piperidine rings is 1. The predicted molar refractivity (Wildman–Crippen MR) is 125 cm³/mol. The average Bonchev–Trinajstić information content (AvgIpc) is 3.34. The van der Waals surface area contributed by atoms with Gasteiger partial charge >= 0.3 is 0 Å². The van der Waals surface area contributed by atoms with Crippen molar-refractivity contribution in [1.82, 2.24) is 19.3 Å². The molecule has 2 fully saturated rings. The minimum Gasteiger partial charge on any atom is -0.474 e. The summed E-state index contributed by atoms with van der Waals surface area (Å²) >= 11 is 7.08. The summed E-state index contributed by atoms with van der Waals surface area (Å²) in [5.74, 6) is 1.48. The van der Waals surface area contributed by atoms with Gasteiger partial charge in [-0.1, -0.05) is 11.6 Å². The summed E-state index contributed by atoms with van der Waals surface area (Å²) in [7, 11) is -3.57. The van der Waals surface area contributed by atoms with Crippen molar-refractivity contribution in [3.8, 4) is 17.5 Å². The number of sulfonamides is 1. The molecule has 2 saturated heterocycles. The minimum atomic E-state index is -3.57. The minimum absolute atomic E-state index is 0.101. The fourth-order valence-electron chi connectivity index (χ4n) is 4.59. The monoisotopic (exact) mass is 506 g/mol. The van der Waals surface area contributed by atoms with Crippen LogP contribution in [0.5, 0.6) is 17.5 Å². The van der Waals surface area contributed by atoms with Gasteiger partial charge in [0.05, 0.1) is 15.6 Å². The summed E-state index contributed by atoms with van der Waals surface area (Å²) in [5, 5.41) is 0. The largest absolute Gasteiger partial charge is 0.474 e. The highest BCUT2D eigenvalue weighted by molar-refractivity contribution is 7.91. The van der Waals surface area contributed by atoms with E-state index in [2.05, 4.69) is 15.0 Å². The van der Waals surface area contributed by atoms with Crippen LogP contribution in [0.25, 0.3) is 0 Å². The fraction of sp³-hybridized carbons (Fsp3) is 0.409. The third-order valence-electron chi connectivity index (χ3n) is 6.14. The van der Waals surface area contributed by atoms with Crippen LogP contribution in [0.3, 0.4) is 0 Å². The van der Waals surface area contributed by atoms with Gasteiger partial charge in [-0.2, -0.15) is 4.31 Å². The molecule has 0 spiro atoms. The van der Waals surface area contributed by atoms with Crippen LogP contribution in [0.15, 0.2) is 41.0 Å². The summed E-state index contributed by atoms with van der Waals surface area (Å²) in [6.45, 7) is 3.72. The number of nitrogens with zero attached hydrogens (tertiary/aromatic N) is 4. The van der Waals surface area contributed by atoms with Crippen LogP contribution in [-0.4, -0.2) is 45.9 Å². The zero-order valence-electron chi connectivity index (χ0n) is 18.1. The summed E-state index contributed by atoms with van der Waals surface area (Å²) in [6, 6.07) is 6.64. The van der Waals surface area contributed by atoms with Crippen molar-refractivity contribution < 1.29 is 17.9 Å². The summed E-state index contributed by atoms with van der Waals surface area (Å²) in [6.07, 6.45) is 5.84. The molecule has 2 bridgehead atoms. The van der Waals surface area contributed by atoms with Crippen molar-refractivity contribution in [2.45, 2.75) is 61.9 Å². The normalized spacial score (nSPS) is 22.9. The Kier molecular flexibility index (Phi) is 6.02. The number of halogens is 1. The van der Waals surface area contributed by atoms with E-state index in [4.69, 9.17) is 21.1 Å². The van der Waals surface area contributed by atoms with Gasteiger partial charge in [-0.15, -0.1) is 11.3 Å². The highest BCUT2D eigenvalue weighted by Gasteiger charge is 2.48. The second-order valence-corrected chi connectivity index (χ2v) is 12.1. The highest BCUT2D eigenvalue weighted by atomic mass is 35.5. The molecule has 5 heterocycles. The topological polar surface area (TPSA) is 94.5 Å². The molecule has 33 heavy (non-hydrogen) atoms. The van der Waals surface area contributed by atoms with E-state index in [1.54, 1.807) is 28.7 Å². The molecule has 5 rings (SSSR count). The molecule has 11 heteroatoms. The third kappa shape index (κ3) is 4.32. The van der Waals surface area contributed by atoms with Gasteiger partial charge in [-0.3, -0.25) is 4.98 Å². The Morgan fingerprint density at radius 2 is 1.79 bits per heavy atom. The number of rotatable bonds is 6. The van der Waals surface area contributed by atoms with E-state index in [1.807, 2.05) is 19.9 Å². The molecule has 2 unspecified atom stereocenters. The maximum absolute atomic E-state index is 13.2. The maximum atomic E-state index is 13.2. The molecule has 174 valence electrons. The highest BCUT2D eigenvalue weighted by Crippen LogP contribution is 2.42. The lowest BCUT2D eigenvalue weighted by Crippen LogP contribution is -2.49. The second-order valence-electron chi connectivity index (χ2n) is 8.29. The van der Waals surface area contributed by atoms with Crippen LogP contribution in [-0.2, 0) is 10.0 Å². The number of fused-ring (bicyclic) bond motifs is 2. The van der Waals surface area contributed by atoms with E-state index in [1.165, 1.54) is 6.33 Å². The van der Waals surface area contributed by atoms with E-state index in [0.29, 0.717) is 44.5 Å². The lowest BCUT2D eigenvalue weighted by molar-refractivity contribution is 0.0908. The lowest BCUT2D eigenvalue weighted by atomic mass is 10.0. The molecule has 0 aliphatic carbocycles. The smallest absolute Gasteiger partial charge is 0.253 e. The van der Waals surface area contributed by atoms with Crippen LogP contribution in [0, 0.1) is 13.8 Å². The first-order chi connectivity index (χ1) is 15.8.